The number of amides is 1. The number of nitrogens with two attached hydrogens (primary N) is 1. The van der Waals surface area contributed by atoms with Crippen LogP contribution in [0.4, 0.5) is 0 Å². The normalized spacial score (nSPS) is 15.4. The summed E-state index contributed by atoms with van der Waals surface area (Å²) in [6, 6.07) is 0.245. The summed E-state index contributed by atoms with van der Waals surface area (Å²) in [5.74, 6) is 0.604. The van der Waals surface area contributed by atoms with Crippen molar-refractivity contribution < 1.29 is 4.79 Å². The van der Waals surface area contributed by atoms with Gasteiger partial charge in [-0.25, -0.2) is 0 Å². The van der Waals surface area contributed by atoms with Gasteiger partial charge in [-0.2, -0.15) is 0 Å². The lowest BCUT2D eigenvalue weighted by Gasteiger charge is -2.24. The lowest BCUT2D eigenvalue weighted by Crippen LogP contribution is -2.36. The molecule has 3 N–H and O–H groups in total. The van der Waals surface area contributed by atoms with Gasteiger partial charge in [-0.15, -0.1) is 0 Å². The Balaban J connectivity index is 3.99. The van der Waals surface area contributed by atoms with Crippen molar-refractivity contribution in [3.63, 3.8) is 0 Å². The van der Waals surface area contributed by atoms with Crippen LogP contribution >= 0.6 is 0 Å². The molecule has 0 heterocycles. The number of hydrogen-bond donors (Lipinski definition) is 2. The average Bonchev–Trinajstić information content (AvgIpc) is 2.13. The van der Waals surface area contributed by atoms with Crippen LogP contribution in [0, 0.1) is 11.3 Å². The molecule has 0 spiro atoms. The third-order valence-electron chi connectivity index (χ3n) is 2.87. The Hall–Kier alpha value is -0.570. The van der Waals surface area contributed by atoms with E-state index < -0.39 is 0 Å². The molecule has 2 atom stereocenters. The minimum atomic E-state index is 0.169. The molecule has 102 valence electrons. The molecule has 0 radical (unpaired) electrons. The van der Waals surface area contributed by atoms with E-state index in [0.29, 0.717) is 24.3 Å². The highest BCUT2D eigenvalue weighted by Gasteiger charge is 2.18. The average molecular weight is 242 g/mol. The van der Waals surface area contributed by atoms with Gasteiger partial charge in [0.1, 0.15) is 0 Å². The number of rotatable bonds is 7. The van der Waals surface area contributed by atoms with Crippen molar-refractivity contribution in [3.8, 4) is 0 Å². The molecule has 0 bridgehead atoms. The molecule has 17 heavy (non-hydrogen) atoms. The Morgan fingerprint density at radius 1 is 1.35 bits per heavy atom. The molecular formula is C14H30N2O. The zero-order chi connectivity index (χ0) is 13.5. The molecule has 0 aromatic rings. The minimum Gasteiger partial charge on any atom is -0.353 e. The molecule has 3 heteroatoms. The molecular weight excluding hydrogens is 212 g/mol. The summed E-state index contributed by atoms with van der Waals surface area (Å²) in [5.41, 5.74) is 5.81. The molecule has 0 aliphatic heterocycles. The van der Waals surface area contributed by atoms with Crippen LogP contribution in [0.3, 0.4) is 0 Å². The summed E-state index contributed by atoms with van der Waals surface area (Å²) in [5, 5.41) is 3.07. The van der Waals surface area contributed by atoms with Gasteiger partial charge in [-0.05, 0) is 37.1 Å². The number of carbonyl (C=O) groups excluding carboxylic acids is 1. The molecule has 0 fully saturated rings. The van der Waals surface area contributed by atoms with Crippen LogP contribution in [0.2, 0.25) is 0 Å². The van der Waals surface area contributed by atoms with E-state index in [-0.39, 0.29) is 11.9 Å². The van der Waals surface area contributed by atoms with E-state index in [0.717, 1.165) is 19.3 Å². The van der Waals surface area contributed by atoms with Gasteiger partial charge < -0.3 is 11.1 Å². The Bertz CT molecular complexity index is 221. The van der Waals surface area contributed by atoms with Crippen molar-refractivity contribution in [1.82, 2.24) is 5.32 Å². The molecule has 0 saturated heterocycles. The van der Waals surface area contributed by atoms with Gasteiger partial charge in [0.25, 0.3) is 0 Å². The van der Waals surface area contributed by atoms with E-state index >= 15 is 0 Å². The van der Waals surface area contributed by atoms with E-state index in [4.69, 9.17) is 5.73 Å². The van der Waals surface area contributed by atoms with Crippen molar-refractivity contribution in [3.05, 3.63) is 0 Å². The second-order valence-electron chi connectivity index (χ2n) is 6.32. The topological polar surface area (TPSA) is 55.1 Å². The Kier molecular flexibility index (Phi) is 7.44. The summed E-state index contributed by atoms with van der Waals surface area (Å²) in [6.07, 6.45) is 3.53. The first-order chi connectivity index (χ1) is 7.78. The van der Waals surface area contributed by atoms with Gasteiger partial charge in [0.05, 0.1) is 0 Å². The first-order valence-corrected chi connectivity index (χ1v) is 6.78. The third kappa shape index (κ3) is 9.16. The first-order valence-electron chi connectivity index (χ1n) is 6.78. The maximum absolute atomic E-state index is 11.8. The van der Waals surface area contributed by atoms with E-state index in [2.05, 4.69) is 39.9 Å². The van der Waals surface area contributed by atoms with Crippen LogP contribution in [0.15, 0.2) is 0 Å². The zero-order valence-corrected chi connectivity index (χ0v) is 12.2. The van der Waals surface area contributed by atoms with Crippen LogP contribution in [-0.4, -0.2) is 18.5 Å². The number of hydrogen-bond acceptors (Lipinski definition) is 2. The largest absolute Gasteiger partial charge is 0.353 e. The highest BCUT2D eigenvalue weighted by atomic mass is 16.1. The van der Waals surface area contributed by atoms with E-state index in [1.807, 2.05) is 0 Å². The van der Waals surface area contributed by atoms with Crippen LogP contribution < -0.4 is 11.1 Å². The van der Waals surface area contributed by atoms with E-state index in [9.17, 15) is 4.79 Å². The molecule has 0 rings (SSSR count). The monoisotopic (exact) mass is 242 g/mol. The third-order valence-corrected chi connectivity index (χ3v) is 2.87. The quantitative estimate of drug-likeness (QED) is 0.721. The van der Waals surface area contributed by atoms with Crippen molar-refractivity contribution in [1.29, 1.82) is 0 Å². The molecule has 3 nitrogen and oxygen atoms in total. The molecule has 0 aromatic heterocycles. The van der Waals surface area contributed by atoms with Crippen LogP contribution in [0.5, 0.6) is 0 Å². The van der Waals surface area contributed by atoms with Crippen molar-refractivity contribution in [2.45, 2.75) is 66.3 Å². The highest BCUT2D eigenvalue weighted by molar-refractivity contribution is 5.76. The van der Waals surface area contributed by atoms with Gasteiger partial charge in [0.2, 0.25) is 5.91 Å². The van der Waals surface area contributed by atoms with Crippen molar-refractivity contribution in [2.75, 3.05) is 6.54 Å². The molecule has 0 aliphatic rings. The summed E-state index contributed by atoms with van der Waals surface area (Å²) >= 11 is 0. The maximum atomic E-state index is 11.8. The molecule has 0 aromatic carbocycles. The number of carbonyl (C=O) groups is 1. The fourth-order valence-corrected chi connectivity index (χ4v) is 2.30. The van der Waals surface area contributed by atoms with Gasteiger partial charge >= 0.3 is 0 Å². The van der Waals surface area contributed by atoms with E-state index in [1.165, 1.54) is 0 Å². The van der Waals surface area contributed by atoms with Gasteiger partial charge in [-0.3, -0.25) is 4.79 Å². The van der Waals surface area contributed by atoms with Gasteiger partial charge in [0, 0.05) is 12.5 Å². The van der Waals surface area contributed by atoms with Crippen molar-refractivity contribution >= 4 is 5.91 Å². The Labute approximate surface area is 107 Å². The van der Waals surface area contributed by atoms with Crippen LogP contribution in [0.25, 0.3) is 0 Å². The summed E-state index contributed by atoms with van der Waals surface area (Å²) in [6.45, 7) is 11.5. The lowest BCUT2D eigenvalue weighted by molar-refractivity contribution is -0.122. The predicted molar refractivity (Wildman–Crippen MR) is 73.7 cm³/mol. The number of nitrogens with one attached hydrogen (secondary N) is 1. The van der Waals surface area contributed by atoms with Gasteiger partial charge in [0.15, 0.2) is 0 Å². The fraction of sp³-hybridized carbons (Fsp3) is 0.929. The van der Waals surface area contributed by atoms with Gasteiger partial charge in [-0.1, -0.05) is 34.6 Å². The van der Waals surface area contributed by atoms with Crippen LogP contribution in [0.1, 0.15) is 60.3 Å². The Morgan fingerprint density at radius 2 is 1.94 bits per heavy atom. The lowest BCUT2D eigenvalue weighted by atomic mass is 9.84. The molecule has 0 saturated carbocycles. The smallest absolute Gasteiger partial charge is 0.220 e. The van der Waals surface area contributed by atoms with E-state index in [1.54, 1.807) is 0 Å². The fourth-order valence-electron chi connectivity index (χ4n) is 2.30. The minimum absolute atomic E-state index is 0.169. The molecule has 1 amide bonds. The summed E-state index contributed by atoms with van der Waals surface area (Å²) in [7, 11) is 0. The van der Waals surface area contributed by atoms with Crippen molar-refractivity contribution in [2.24, 2.45) is 17.1 Å². The standard InChI is InChI=1S/C14H30N2O/c1-6-12(7-8-15)16-13(17)9-11(2)10-14(3,4)5/h11-12H,6-10,15H2,1-5H3,(H,16,17). The molecule has 0 aliphatic carbocycles. The highest BCUT2D eigenvalue weighted by Crippen LogP contribution is 2.25. The second kappa shape index (κ2) is 7.70. The second-order valence-corrected chi connectivity index (χ2v) is 6.32. The zero-order valence-electron chi connectivity index (χ0n) is 12.2. The molecule has 2 unspecified atom stereocenters. The predicted octanol–water partition coefficient (Wildman–Crippen LogP) is 2.69. The Morgan fingerprint density at radius 3 is 2.35 bits per heavy atom. The first kappa shape index (κ1) is 16.4. The summed E-state index contributed by atoms with van der Waals surface area (Å²) in [4.78, 5) is 11.8. The maximum Gasteiger partial charge on any atom is 0.220 e. The summed E-state index contributed by atoms with van der Waals surface area (Å²) < 4.78 is 0. The SMILES string of the molecule is CCC(CCN)NC(=O)CC(C)CC(C)(C)C. The van der Waals surface area contributed by atoms with Crippen LogP contribution in [-0.2, 0) is 4.79 Å².